The fourth-order valence-electron chi connectivity index (χ4n) is 3.54. The average Bonchev–Trinajstić information content (AvgIpc) is 2.77. The Morgan fingerprint density at radius 3 is 2.48 bits per heavy atom. The van der Waals surface area contributed by atoms with Gasteiger partial charge in [-0.3, -0.25) is 0 Å². The highest BCUT2D eigenvalue weighted by Crippen LogP contribution is 2.24. The summed E-state index contributed by atoms with van der Waals surface area (Å²) in [6, 6.07) is 14.1. The molecule has 0 saturated carbocycles. The number of piperazine rings is 1. The second-order valence-corrected chi connectivity index (χ2v) is 6.90. The summed E-state index contributed by atoms with van der Waals surface area (Å²) in [7, 11) is 1.62. The van der Waals surface area contributed by atoms with E-state index in [1.165, 1.54) is 6.07 Å². The number of carbonyl (C=O) groups excluding carboxylic acids is 1. The Kier molecular flexibility index (Phi) is 6.55. The third kappa shape index (κ3) is 4.60. The maximum atomic E-state index is 13.9. The number of halogens is 1. The molecule has 1 atom stereocenters. The summed E-state index contributed by atoms with van der Waals surface area (Å²) in [4.78, 5) is 16.5. The van der Waals surface area contributed by atoms with Crippen molar-refractivity contribution < 1.29 is 13.9 Å². The molecule has 2 aromatic carbocycles. The largest absolute Gasteiger partial charge is 0.497 e. The molecule has 1 heterocycles. The number of carbonyl (C=O) groups is 1. The molecule has 1 unspecified atom stereocenters. The molecule has 0 aromatic heterocycles. The molecule has 0 radical (unpaired) electrons. The predicted molar refractivity (Wildman–Crippen MR) is 109 cm³/mol. The number of methoxy groups -OCH3 is 1. The van der Waals surface area contributed by atoms with Crippen molar-refractivity contribution in [1.82, 2.24) is 10.2 Å². The second kappa shape index (κ2) is 9.28. The topological polar surface area (TPSA) is 68.6 Å². The van der Waals surface area contributed by atoms with E-state index in [1.807, 2.05) is 42.2 Å². The van der Waals surface area contributed by atoms with Crippen molar-refractivity contribution in [2.45, 2.75) is 19.4 Å². The molecule has 29 heavy (non-hydrogen) atoms. The van der Waals surface area contributed by atoms with E-state index in [4.69, 9.17) is 4.74 Å². The maximum Gasteiger partial charge on any atom is 0.318 e. The molecular formula is C22H25FN4O2. The molecule has 0 aliphatic carbocycles. The number of nitrogens with zero attached hydrogens (tertiary/aromatic N) is 3. The lowest BCUT2D eigenvalue weighted by molar-refractivity contribution is 0.190. The van der Waals surface area contributed by atoms with Crippen molar-refractivity contribution in [3.05, 3.63) is 59.4 Å². The van der Waals surface area contributed by atoms with Crippen molar-refractivity contribution in [2.24, 2.45) is 0 Å². The number of ether oxygens (including phenoxy) is 1. The van der Waals surface area contributed by atoms with Gasteiger partial charge in [0.1, 0.15) is 23.2 Å². The van der Waals surface area contributed by atoms with Gasteiger partial charge in [0.05, 0.1) is 18.8 Å². The second-order valence-electron chi connectivity index (χ2n) is 6.90. The molecule has 3 rings (SSSR count). The highest BCUT2D eigenvalue weighted by atomic mass is 19.1. The first kappa shape index (κ1) is 20.5. The quantitative estimate of drug-likeness (QED) is 0.837. The van der Waals surface area contributed by atoms with Crippen molar-refractivity contribution >= 4 is 11.7 Å². The Morgan fingerprint density at radius 2 is 1.90 bits per heavy atom. The zero-order valence-corrected chi connectivity index (χ0v) is 16.7. The van der Waals surface area contributed by atoms with Gasteiger partial charge >= 0.3 is 6.03 Å². The molecule has 7 heteroatoms. The molecular weight excluding hydrogens is 371 g/mol. The van der Waals surface area contributed by atoms with Crippen molar-refractivity contribution in [3.63, 3.8) is 0 Å². The van der Waals surface area contributed by atoms with Gasteiger partial charge in [-0.25, -0.2) is 9.18 Å². The average molecular weight is 396 g/mol. The van der Waals surface area contributed by atoms with Crippen LogP contribution in [0.2, 0.25) is 0 Å². The Hall–Kier alpha value is -3.27. The molecule has 1 aliphatic rings. The van der Waals surface area contributed by atoms with Crippen LogP contribution in [0, 0.1) is 17.1 Å². The Morgan fingerprint density at radius 1 is 1.21 bits per heavy atom. The lowest BCUT2D eigenvalue weighted by atomic mass is 10.0. The van der Waals surface area contributed by atoms with Gasteiger partial charge in [-0.1, -0.05) is 25.1 Å². The van der Waals surface area contributed by atoms with Crippen LogP contribution in [0.1, 0.15) is 30.5 Å². The highest BCUT2D eigenvalue weighted by molar-refractivity contribution is 5.75. The highest BCUT2D eigenvalue weighted by Gasteiger charge is 2.25. The SMILES string of the molecule is CCC(NC(=O)N1CCN(c2cccc(F)c2C#N)CC1)c1ccc(OC)cc1. The van der Waals surface area contributed by atoms with Crippen LogP contribution >= 0.6 is 0 Å². The molecule has 0 spiro atoms. The van der Waals surface area contributed by atoms with Crippen LogP contribution in [0.15, 0.2) is 42.5 Å². The summed E-state index contributed by atoms with van der Waals surface area (Å²) in [6.45, 7) is 4.13. The fraction of sp³-hybridized carbons (Fsp3) is 0.364. The Labute approximate surface area is 170 Å². The van der Waals surface area contributed by atoms with Crippen LogP contribution in [0.25, 0.3) is 0 Å². The minimum absolute atomic E-state index is 0.0518. The first-order chi connectivity index (χ1) is 14.1. The molecule has 152 valence electrons. The van der Waals surface area contributed by atoms with E-state index in [9.17, 15) is 14.4 Å². The summed E-state index contributed by atoms with van der Waals surface area (Å²) >= 11 is 0. The molecule has 1 N–H and O–H groups in total. The first-order valence-electron chi connectivity index (χ1n) is 9.70. The van der Waals surface area contributed by atoms with Gasteiger partial charge in [0.2, 0.25) is 0 Å². The fourth-order valence-corrected chi connectivity index (χ4v) is 3.54. The summed E-state index contributed by atoms with van der Waals surface area (Å²) in [5, 5.41) is 12.3. The van der Waals surface area contributed by atoms with Crippen LogP contribution in [-0.4, -0.2) is 44.2 Å². The third-order valence-corrected chi connectivity index (χ3v) is 5.24. The van der Waals surface area contributed by atoms with E-state index in [0.29, 0.717) is 31.9 Å². The summed E-state index contributed by atoms with van der Waals surface area (Å²) in [6.07, 6.45) is 0.771. The number of hydrogen-bond donors (Lipinski definition) is 1. The van der Waals surface area contributed by atoms with Crippen LogP contribution < -0.4 is 15.0 Å². The number of rotatable bonds is 5. The van der Waals surface area contributed by atoms with Gasteiger partial charge in [0.15, 0.2) is 0 Å². The van der Waals surface area contributed by atoms with E-state index >= 15 is 0 Å². The summed E-state index contributed by atoms with van der Waals surface area (Å²) in [5.74, 6) is 0.260. The monoisotopic (exact) mass is 396 g/mol. The Balaban J connectivity index is 1.61. The minimum Gasteiger partial charge on any atom is -0.497 e. The smallest absolute Gasteiger partial charge is 0.318 e. The van der Waals surface area contributed by atoms with Crippen LogP contribution in [-0.2, 0) is 0 Å². The van der Waals surface area contributed by atoms with Crippen molar-refractivity contribution in [2.75, 3.05) is 38.2 Å². The number of anilines is 1. The van der Waals surface area contributed by atoms with Crippen molar-refractivity contribution in [1.29, 1.82) is 5.26 Å². The lowest BCUT2D eigenvalue weighted by Crippen LogP contribution is -2.52. The normalized spacial score (nSPS) is 14.8. The van der Waals surface area contributed by atoms with Gasteiger partial charge in [0, 0.05) is 26.2 Å². The number of nitriles is 1. The Bertz CT molecular complexity index is 887. The van der Waals surface area contributed by atoms with E-state index in [2.05, 4.69) is 5.32 Å². The van der Waals surface area contributed by atoms with Gasteiger partial charge in [-0.15, -0.1) is 0 Å². The standard InChI is InChI=1S/C22H25FN4O2/c1-3-20(16-7-9-17(29-2)10-8-16)25-22(28)27-13-11-26(12-14-27)21-6-4-5-19(23)18(21)15-24/h4-10,20H,3,11-14H2,1-2H3,(H,25,28). The van der Waals surface area contributed by atoms with Gasteiger partial charge in [-0.05, 0) is 36.2 Å². The van der Waals surface area contributed by atoms with E-state index < -0.39 is 5.82 Å². The van der Waals surface area contributed by atoms with E-state index in [0.717, 1.165) is 17.7 Å². The maximum absolute atomic E-state index is 13.9. The number of amides is 2. The zero-order valence-electron chi connectivity index (χ0n) is 16.7. The van der Waals surface area contributed by atoms with Crippen LogP contribution in [0.4, 0.5) is 14.9 Å². The molecule has 2 aromatic rings. The number of benzene rings is 2. The van der Waals surface area contributed by atoms with Gasteiger partial charge < -0.3 is 19.9 Å². The molecule has 1 fully saturated rings. The van der Waals surface area contributed by atoms with Crippen LogP contribution in [0.5, 0.6) is 5.75 Å². The zero-order chi connectivity index (χ0) is 20.8. The number of urea groups is 1. The lowest BCUT2D eigenvalue weighted by Gasteiger charge is -2.37. The summed E-state index contributed by atoms with van der Waals surface area (Å²) < 4.78 is 19.1. The number of nitrogens with one attached hydrogen (secondary N) is 1. The minimum atomic E-state index is -0.518. The molecule has 1 aliphatic heterocycles. The molecule has 1 saturated heterocycles. The molecule has 2 amide bonds. The molecule has 6 nitrogen and oxygen atoms in total. The van der Waals surface area contributed by atoms with Gasteiger partial charge in [0.25, 0.3) is 0 Å². The molecule has 0 bridgehead atoms. The van der Waals surface area contributed by atoms with E-state index in [1.54, 1.807) is 24.1 Å². The third-order valence-electron chi connectivity index (χ3n) is 5.24. The number of hydrogen-bond acceptors (Lipinski definition) is 4. The van der Waals surface area contributed by atoms with Crippen molar-refractivity contribution in [3.8, 4) is 11.8 Å². The summed E-state index contributed by atoms with van der Waals surface area (Å²) in [5.41, 5.74) is 1.66. The van der Waals surface area contributed by atoms with Gasteiger partial charge in [-0.2, -0.15) is 5.26 Å². The van der Waals surface area contributed by atoms with E-state index in [-0.39, 0.29) is 17.6 Å². The predicted octanol–water partition coefficient (Wildman–Crippen LogP) is 3.69. The van der Waals surface area contributed by atoms with Crippen LogP contribution in [0.3, 0.4) is 0 Å². The first-order valence-corrected chi connectivity index (χ1v) is 9.70.